The first kappa shape index (κ1) is 38.4. The Labute approximate surface area is 309 Å². The number of halogens is 1. The highest BCUT2D eigenvalue weighted by Crippen LogP contribution is 2.61. The molecule has 0 aliphatic carbocycles. The quantitative estimate of drug-likeness (QED) is 0.130. The summed E-state index contributed by atoms with van der Waals surface area (Å²) in [5.74, 6) is -3.53. The second-order valence-corrected chi connectivity index (χ2v) is 15.5. The standard InChI is InChI=1S/C40H50BrN3O7/c1-6-8-19-31(46)42-26(5)34(28-17-13-10-14-18-28)50-39(49)32-33-37(47)44(29(24-45)21-25(3)4)36(40(33)22-30(41)35(32)51-40)38(48)43(20-7-2)23-27-15-11-9-12-16-27/h6-7,9-18,25-26,29-30,32-36,45H,1-2,8,19-24H2,3-5H3,(H,42,46)/t26-,29+,30?,32-,33+,34-,35-,36-,40+/m0/s1. The van der Waals surface area contributed by atoms with Gasteiger partial charge >= 0.3 is 5.97 Å². The van der Waals surface area contributed by atoms with E-state index in [9.17, 15) is 24.3 Å². The Bertz CT molecular complexity index is 1570. The first-order chi connectivity index (χ1) is 24.5. The molecule has 3 heterocycles. The van der Waals surface area contributed by atoms with Crippen LogP contribution in [0.1, 0.15) is 63.7 Å². The lowest BCUT2D eigenvalue weighted by atomic mass is 9.70. The summed E-state index contributed by atoms with van der Waals surface area (Å²) in [7, 11) is 0. The Kier molecular flexibility index (Phi) is 12.6. The summed E-state index contributed by atoms with van der Waals surface area (Å²) in [4.78, 5) is 59.7. The molecule has 51 heavy (non-hydrogen) atoms. The number of carbonyl (C=O) groups is 4. The average Bonchev–Trinajstić information content (AvgIpc) is 3.71. The minimum atomic E-state index is -1.34. The first-order valence-corrected chi connectivity index (χ1v) is 18.7. The molecule has 10 nitrogen and oxygen atoms in total. The molecular formula is C40H50BrN3O7. The maximum absolute atomic E-state index is 14.9. The van der Waals surface area contributed by atoms with Gasteiger partial charge in [0.15, 0.2) is 0 Å². The minimum Gasteiger partial charge on any atom is -0.455 e. The summed E-state index contributed by atoms with van der Waals surface area (Å²) in [5, 5.41) is 13.7. The summed E-state index contributed by atoms with van der Waals surface area (Å²) < 4.78 is 13.0. The molecule has 2 bridgehead atoms. The van der Waals surface area contributed by atoms with Gasteiger partial charge in [-0.2, -0.15) is 0 Å². The summed E-state index contributed by atoms with van der Waals surface area (Å²) in [6.07, 6.45) is 3.23. The van der Waals surface area contributed by atoms with Gasteiger partial charge in [-0.25, -0.2) is 0 Å². The van der Waals surface area contributed by atoms with Gasteiger partial charge in [0, 0.05) is 24.3 Å². The normalized spacial score (nSPS) is 26.7. The monoisotopic (exact) mass is 763 g/mol. The maximum Gasteiger partial charge on any atom is 0.313 e. The molecule has 2 aromatic carbocycles. The lowest BCUT2D eigenvalue weighted by molar-refractivity contribution is -0.162. The van der Waals surface area contributed by atoms with Crippen LogP contribution >= 0.6 is 15.9 Å². The van der Waals surface area contributed by atoms with Crippen LogP contribution in [-0.4, -0.2) is 86.4 Å². The molecular weight excluding hydrogens is 714 g/mol. The van der Waals surface area contributed by atoms with Crippen LogP contribution in [0.25, 0.3) is 0 Å². The summed E-state index contributed by atoms with van der Waals surface area (Å²) >= 11 is 3.75. The van der Waals surface area contributed by atoms with Crippen LogP contribution in [0.5, 0.6) is 0 Å². The largest absolute Gasteiger partial charge is 0.455 e. The van der Waals surface area contributed by atoms with Crippen molar-refractivity contribution in [1.82, 2.24) is 15.1 Å². The molecule has 9 atom stereocenters. The minimum absolute atomic E-state index is 0.106. The van der Waals surface area contributed by atoms with Crippen molar-refractivity contribution >= 4 is 39.6 Å². The number of ether oxygens (including phenoxy) is 2. The van der Waals surface area contributed by atoms with E-state index in [0.717, 1.165) is 5.56 Å². The highest BCUT2D eigenvalue weighted by molar-refractivity contribution is 9.09. The van der Waals surface area contributed by atoms with Crippen LogP contribution in [0.15, 0.2) is 86.0 Å². The molecule has 11 heteroatoms. The molecule has 0 aromatic heterocycles. The van der Waals surface area contributed by atoms with Crippen LogP contribution in [0.3, 0.4) is 0 Å². The van der Waals surface area contributed by atoms with Gasteiger partial charge in [0.05, 0.1) is 36.6 Å². The molecule has 1 spiro atoms. The van der Waals surface area contributed by atoms with E-state index in [1.165, 1.54) is 4.90 Å². The number of nitrogens with one attached hydrogen (secondary N) is 1. The van der Waals surface area contributed by atoms with Gasteiger partial charge in [0.2, 0.25) is 17.7 Å². The topological polar surface area (TPSA) is 125 Å². The van der Waals surface area contributed by atoms with Crippen LogP contribution in [0.4, 0.5) is 0 Å². The Balaban J connectivity index is 1.52. The molecule has 2 N–H and O–H groups in total. The number of hydrogen-bond acceptors (Lipinski definition) is 7. The summed E-state index contributed by atoms with van der Waals surface area (Å²) in [6, 6.07) is 16.4. The van der Waals surface area contributed by atoms with E-state index in [1.54, 1.807) is 24.0 Å². The lowest BCUT2D eigenvalue weighted by Crippen LogP contribution is -2.59. The van der Waals surface area contributed by atoms with Crippen molar-refractivity contribution in [2.75, 3.05) is 13.2 Å². The molecule has 3 aliphatic rings. The molecule has 0 radical (unpaired) electrons. The van der Waals surface area contributed by atoms with Gasteiger partial charge < -0.3 is 29.7 Å². The van der Waals surface area contributed by atoms with Crippen molar-refractivity contribution in [3.8, 4) is 0 Å². The highest BCUT2D eigenvalue weighted by Gasteiger charge is 2.77. The number of amides is 3. The van der Waals surface area contributed by atoms with E-state index in [0.29, 0.717) is 24.8 Å². The third-order valence-corrected chi connectivity index (χ3v) is 11.1. The zero-order valence-corrected chi connectivity index (χ0v) is 31.2. The molecule has 2 aromatic rings. The number of hydrogen-bond donors (Lipinski definition) is 2. The van der Waals surface area contributed by atoms with Gasteiger partial charge in [0.1, 0.15) is 17.7 Å². The zero-order valence-electron chi connectivity index (χ0n) is 29.7. The number of benzene rings is 2. The SMILES string of the molecule is C=CCCC(=O)N[C@@H](C)[C@H](OC(=O)[C@@H]1[C@H]2O[C@@]3(CC2Br)[C@H](C(=O)N(CC=C)Cc2ccccc2)N([C@@H](CO)CC(C)C)C(=O)[C@@H]13)c1ccccc1. The second kappa shape index (κ2) is 16.7. The fourth-order valence-corrected chi connectivity index (χ4v) is 9.08. The number of rotatable bonds is 17. The van der Waals surface area contributed by atoms with Crippen molar-refractivity contribution in [2.45, 2.75) is 93.8 Å². The Morgan fingerprint density at radius 2 is 1.76 bits per heavy atom. The lowest BCUT2D eigenvalue weighted by Gasteiger charge is -2.40. The Morgan fingerprint density at radius 3 is 2.37 bits per heavy atom. The van der Waals surface area contributed by atoms with Crippen molar-refractivity contribution in [1.29, 1.82) is 0 Å². The van der Waals surface area contributed by atoms with Gasteiger partial charge in [-0.05, 0) is 43.2 Å². The highest BCUT2D eigenvalue weighted by atomic mass is 79.9. The first-order valence-electron chi connectivity index (χ1n) is 17.8. The fourth-order valence-electron chi connectivity index (χ4n) is 8.13. The molecule has 3 fully saturated rings. The average molecular weight is 765 g/mol. The van der Waals surface area contributed by atoms with Crippen molar-refractivity contribution in [3.63, 3.8) is 0 Å². The van der Waals surface area contributed by atoms with E-state index < -0.39 is 59.6 Å². The number of esters is 1. The van der Waals surface area contributed by atoms with Crippen molar-refractivity contribution in [3.05, 3.63) is 97.1 Å². The number of alkyl halides is 1. The predicted molar refractivity (Wildman–Crippen MR) is 197 cm³/mol. The van der Waals surface area contributed by atoms with E-state index in [-0.39, 0.29) is 48.7 Å². The van der Waals surface area contributed by atoms with Gasteiger partial charge in [-0.15, -0.1) is 13.2 Å². The van der Waals surface area contributed by atoms with Crippen molar-refractivity contribution in [2.24, 2.45) is 17.8 Å². The van der Waals surface area contributed by atoms with Crippen molar-refractivity contribution < 1.29 is 33.8 Å². The van der Waals surface area contributed by atoms with E-state index in [4.69, 9.17) is 9.47 Å². The summed E-state index contributed by atoms with van der Waals surface area (Å²) in [5.41, 5.74) is 0.249. The zero-order chi connectivity index (χ0) is 36.9. The Hall–Kier alpha value is -3.80. The number of carbonyl (C=O) groups excluding carboxylic acids is 4. The molecule has 3 saturated heterocycles. The number of nitrogens with zero attached hydrogens (tertiary/aromatic N) is 2. The van der Waals surface area contributed by atoms with Gasteiger partial charge in [-0.1, -0.05) is 103 Å². The molecule has 0 saturated carbocycles. The molecule has 1 unspecified atom stereocenters. The molecule has 3 aliphatic heterocycles. The van der Waals surface area contributed by atoms with Gasteiger partial charge in [-0.3, -0.25) is 19.2 Å². The third-order valence-electron chi connectivity index (χ3n) is 10.2. The van der Waals surface area contributed by atoms with Crippen LogP contribution in [0, 0.1) is 17.8 Å². The molecule has 274 valence electrons. The number of fused-ring (bicyclic) bond motifs is 1. The van der Waals surface area contributed by atoms with Crippen LogP contribution in [0.2, 0.25) is 0 Å². The summed E-state index contributed by atoms with van der Waals surface area (Å²) in [6.45, 7) is 13.5. The van der Waals surface area contributed by atoms with Gasteiger partial charge in [0.25, 0.3) is 0 Å². The van der Waals surface area contributed by atoms with E-state index in [1.807, 2.05) is 74.5 Å². The van der Waals surface area contributed by atoms with E-state index >= 15 is 0 Å². The maximum atomic E-state index is 14.9. The Morgan fingerprint density at radius 1 is 1.10 bits per heavy atom. The molecule has 5 rings (SSSR count). The van der Waals surface area contributed by atoms with Crippen LogP contribution < -0.4 is 5.32 Å². The fraction of sp³-hybridized carbons (Fsp3) is 0.500. The predicted octanol–water partition coefficient (Wildman–Crippen LogP) is 5.11. The van der Waals surface area contributed by atoms with Crippen LogP contribution in [-0.2, 0) is 35.2 Å². The third kappa shape index (κ3) is 7.85. The van der Waals surface area contributed by atoms with E-state index in [2.05, 4.69) is 34.4 Å². The second-order valence-electron chi connectivity index (χ2n) is 14.3. The number of likely N-dealkylation sites (tertiary alicyclic amines) is 1. The molecule has 3 amide bonds. The number of aliphatic hydroxyl groups is 1. The number of allylic oxidation sites excluding steroid dienone is 1. The smallest absolute Gasteiger partial charge is 0.313 e. The number of aliphatic hydroxyl groups excluding tert-OH is 1.